The first-order chi connectivity index (χ1) is 22.2. The maximum atomic E-state index is 13.1. The molecule has 1 aliphatic carbocycles. The quantitative estimate of drug-likeness (QED) is 0.274. The maximum absolute atomic E-state index is 13.1. The predicted octanol–water partition coefficient (Wildman–Crippen LogP) is 2.86. The molecule has 4 heterocycles. The van der Waals surface area contributed by atoms with Gasteiger partial charge in [-0.05, 0) is 55.6 Å². The zero-order valence-corrected chi connectivity index (χ0v) is 26.2. The highest BCUT2D eigenvalue weighted by Crippen LogP contribution is 2.46. The van der Waals surface area contributed by atoms with Crippen molar-refractivity contribution in [2.75, 3.05) is 45.2 Å². The summed E-state index contributed by atoms with van der Waals surface area (Å²) < 4.78 is 5.86. The number of anilines is 1. The topological polar surface area (TPSA) is 151 Å². The SMILES string of the molecule is CC1C(c2ccccc2)CC(N)C(=O)N1CCN(C)CCOC/C=C/c1cnc2c(c1)[C@@]1(Cc3cc(C(=O)O)cnc3C1)C(=O)N2. The number of pyridine rings is 2. The summed E-state index contributed by atoms with van der Waals surface area (Å²) in [4.78, 5) is 50.4. The number of hydrogen-bond donors (Lipinski definition) is 3. The molecule has 11 heteroatoms. The highest BCUT2D eigenvalue weighted by Gasteiger charge is 2.52. The van der Waals surface area contributed by atoms with Crippen molar-refractivity contribution in [3.63, 3.8) is 0 Å². The van der Waals surface area contributed by atoms with E-state index in [1.165, 1.54) is 11.8 Å². The average molecular weight is 625 g/mol. The molecule has 4 atom stereocenters. The minimum Gasteiger partial charge on any atom is -0.478 e. The van der Waals surface area contributed by atoms with Gasteiger partial charge in [-0.25, -0.2) is 9.78 Å². The normalized spacial score (nSPS) is 23.7. The van der Waals surface area contributed by atoms with Crippen molar-refractivity contribution in [2.45, 2.75) is 49.6 Å². The van der Waals surface area contributed by atoms with Crippen LogP contribution in [0.1, 0.15) is 57.6 Å². The largest absolute Gasteiger partial charge is 0.478 e. The van der Waals surface area contributed by atoms with E-state index in [-0.39, 0.29) is 29.3 Å². The van der Waals surface area contributed by atoms with Gasteiger partial charge in [-0.1, -0.05) is 42.5 Å². The van der Waals surface area contributed by atoms with Crippen molar-refractivity contribution in [1.82, 2.24) is 19.8 Å². The van der Waals surface area contributed by atoms with Gasteiger partial charge in [-0.15, -0.1) is 0 Å². The van der Waals surface area contributed by atoms with E-state index in [9.17, 15) is 19.5 Å². The number of nitrogens with one attached hydrogen (secondary N) is 1. The van der Waals surface area contributed by atoms with Crippen molar-refractivity contribution in [2.24, 2.45) is 5.73 Å². The molecule has 1 saturated heterocycles. The lowest BCUT2D eigenvalue weighted by Crippen LogP contribution is -2.56. The standard InChI is InChI=1S/C35H40N6O5/c1-22-27(24-8-4-3-5-9-24)17-29(36)32(42)41(22)11-10-40(2)12-14-46-13-6-7-23-15-28-31(38-20-23)39-34(45)35(28)18-25-16-26(33(43)44)21-37-30(25)19-35/h3-9,15-16,20-22,27,29H,10-14,17-19,36H2,1-2H3,(H,43,44)(H,38,39,45)/b7-6+/t22?,27?,29?,35-/m0/s1. The van der Waals surface area contributed by atoms with Crippen LogP contribution in [-0.4, -0.2) is 94.6 Å². The maximum Gasteiger partial charge on any atom is 0.337 e. The van der Waals surface area contributed by atoms with Crippen molar-refractivity contribution in [3.8, 4) is 0 Å². The van der Waals surface area contributed by atoms with Crippen LogP contribution in [0, 0.1) is 0 Å². The fourth-order valence-corrected chi connectivity index (χ4v) is 6.96. The van der Waals surface area contributed by atoms with E-state index < -0.39 is 17.4 Å². The molecule has 0 saturated carbocycles. The number of carboxylic acid groups (broad SMARTS) is 1. The number of carboxylic acids is 1. The molecule has 0 bridgehead atoms. The van der Waals surface area contributed by atoms with E-state index in [4.69, 9.17) is 10.5 Å². The number of carbonyl (C=O) groups excluding carboxylic acids is 2. The molecule has 240 valence electrons. The van der Waals surface area contributed by atoms with Crippen LogP contribution in [0.4, 0.5) is 5.82 Å². The van der Waals surface area contributed by atoms with Gasteiger partial charge in [0.25, 0.3) is 0 Å². The number of aromatic carboxylic acids is 1. The second-order valence-corrected chi connectivity index (χ2v) is 12.6. The average Bonchev–Trinajstić information content (AvgIpc) is 3.57. The molecule has 11 nitrogen and oxygen atoms in total. The number of benzene rings is 1. The third-order valence-electron chi connectivity index (χ3n) is 9.63. The Kier molecular flexibility index (Phi) is 8.99. The Labute approximate surface area is 268 Å². The van der Waals surface area contributed by atoms with E-state index in [1.807, 2.05) is 48.4 Å². The summed E-state index contributed by atoms with van der Waals surface area (Å²) in [7, 11) is 2.02. The third-order valence-corrected chi connectivity index (χ3v) is 9.63. The van der Waals surface area contributed by atoms with Gasteiger partial charge < -0.3 is 30.7 Å². The van der Waals surface area contributed by atoms with E-state index in [2.05, 4.69) is 39.2 Å². The van der Waals surface area contributed by atoms with Gasteiger partial charge in [0.05, 0.1) is 30.2 Å². The number of amides is 2. The van der Waals surface area contributed by atoms with E-state index in [0.29, 0.717) is 51.4 Å². The molecule has 0 radical (unpaired) electrons. The number of fused-ring (bicyclic) bond motifs is 3. The van der Waals surface area contributed by atoms with E-state index >= 15 is 0 Å². The number of hydrogen-bond acceptors (Lipinski definition) is 8. The first kappa shape index (κ1) is 31.5. The fraction of sp³-hybridized carbons (Fsp3) is 0.400. The molecule has 2 aliphatic heterocycles. The zero-order valence-electron chi connectivity index (χ0n) is 26.2. The first-order valence-corrected chi connectivity index (χ1v) is 15.7. The van der Waals surface area contributed by atoms with Crippen LogP contribution in [-0.2, 0) is 32.6 Å². The summed E-state index contributed by atoms with van der Waals surface area (Å²) in [6.07, 6.45) is 8.34. The second-order valence-electron chi connectivity index (χ2n) is 12.6. The number of ether oxygens (including phenoxy) is 1. The number of rotatable bonds is 11. The molecule has 1 fully saturated rings. The van der Waals surface area contributed by atoms with Gasteiger partial charge in [0.2, 0.25) is 11.8 Å². The summed E-state index contributed by atoms with van der Waals surface area (Å²) >= 11 is 0. The summed E-state index contributed by atoms with van der Waals surface area (Å²) in [6.45, 7) is 5.10. The number of aromatic nitrogens is 2. The third kappa shape index (κ3) is 6.18. The smallest absolute Gasteiger partial charge is 0.337 e. The van der Waals surface area contributed by atoms with E-state index in [0.717, 1.165) is 28.9 Å². The van der Waals surface area contributed by atoms with Crippen molar-refractivity contribution in [1.29, 1.82) is 0 Å². The lowest BCUT2D eigenvalue weighted by atomic mass is 9.79. The summed E-state index contributed by atoms with van der Waals surface area (Å²) in [5.74, 6) is -0.414. The lowest BCUT2D eigenvalue weighted by molar-refractivity contribution is -0.138. The minimum absolute atomic E-state index is 0.0167. The van der Waals surface area contributed by atoms with Crippen LogP contribution >= 0.6 is 0 Å². The predicted molar refractivity (Wildman–Crippen MR) is 173 cm³/mol. The molecular weight excluding hydrogens is 584 g/mol. The molecule has 1 aromatic carbocycles. The highest BCUT2D eigenvalue weighted by atomic mass is 16.5. The van der Waals surface area contributed by atoms with Crippen LogP contribution in [0.15, 0.2) is 60.9 Å². The van der Waals surface area contributed by atoms with Gasteiger partial charge in [-0.3, -0.25) is 14.6 Å². The second kappa shape index (κ2) is 13.1. The van der Waals surface area contributed by atoms with Crippen LogP contribution in [0.2, 0.25) is 0 Å². The molecule has 3 aromatic rings. The molecule has 2 amide bonds. The van der Waals surface area contributed by atoms with Crippen LogP contribution in [0.25, 0.3) is 6.08 Å². The summed E-state index contributed by atoms with van der Waals surface area (Å²) in [6, 6.07) is 13.5. The minimum atomic E-state index is -1.04. The summed E-state index contributed by atoms with van der Waals surface area (Å²) in [5, 5.41) is 12.3. The monoisotopic (exact) mass is 624 g/mol. The molecule has 46 heavy (non-hydrogen) atoms. The Morgan fingerprint density at radius 2 is 1.98 bits per heavy atom. The Balaban J connectivity index is 0.983. The molecule has 3 unspecified atom stereocenters. The van der Waals surface area contributed by atoms with Crippen molar-refractivity contribution < 1.29 is 24.2 Å². The lowest BCUT2D eigenvalue weighted by Gasteiger charge is -2.42. The number of likely N-dealkylation sites (N-methyl/N-ethyl adjacent to an activating group) is 1. The molecule has 4 N–H and O–H groups in total. The molecule has 6 rings (SSSR count). The molecule has 3 aliphatic rings. The van der Waals surface area contributed by atoms with E-state index in [1.54, 1.807) is 12.3 Å². The number of piperidine rings is 1. The van der Waals surface area contributed by atoms with Gasteiger partial charge in [0.15, 0.2) is 0 Å². The zero-order chi connectivity index (χ0) is 32.4. The first-order valence-electron chi connectivity index (χ1n) is 15.7. The van der Waals surface area contributed by atoms with Crippen LogP contribution < -0.4 is 11.1 Å². The molecular formula is C35H40N6O5. The molecule has 2 aromatic heterocycles. The van der Waals surface area contributed by atoms with Gasteiger partial charge >= 0.3 is 5.97 Å². The Morgan fingerprint density at radius 3 is 2.76 bits per heavy atom. The number of likely N-dealkylation sites (tertiary alicyclic amines) is 1. The van der Waals surface area contributed by atoms with Crippen molar-refractivity contribution in [3.05, 3.63) is 94.4 Å². The van der Waals surface area contributed by atoms with Crippen molar-refractivity contribution >= 4 is 29.7 Å². The Morgan fingerprint density at radius 1 is 1.17 bits per heavy atom. The summed E-state index contributed by atoms with van der Waals surface area (Å²) in [5.41, 5.74) is 9.91. The van der Waals surface area contributed by atoms with Gasteiger partial charge in [-0.2, -0.15) is 0 Å². The van der Waals surface area contributed by atoms with Gasteiger partial charge in [0.1, 0.15) is 5.82 Å². The van der Waals surface area contributed by atoms with Crippen LogP contribution in [0.5, 0.6) is 0 Å². The number of nitrogens with two attached hydrogens (primary N) is 1. The Hall–Kier alpha value is -4.45. The molecule has 1 spiro atoms. The number of nitrogens with zero attached hydrogens (tertiary/aromatic N) is 4. The Bertz CT molecular complexity index is 1660. The van der Waals surface area contributed by atoms with Gasteiger partial charge in [0, 0.05) is 61.7 Å². The fourth-order valence-electron chi connectivity index (χ4n) is 6.96. The highest BCUT2D eigenvalue weighted by molar-refractivity contribution is 6.06. The van der Waals surface area contributed by atoms with Crippen LogP contribution in [0.3, 0.4) is 0 Å². The number of carbonyl (C=O) groups is 3.